The first-order valence-electron chi connectivity index (χ1n) is 6.14. The smallest absolute Gasteiger partial charge is 0.244 e. The zero-order valence-corrected chi connectivity index (χ0v) is 10.9. The van der Waals surface area contributed by atoms with Gasteiger partial charge in [-0.3, -0.25) is 4.98 Å². The second-order valence-electron chi connectivity index (χ2n) is 4.54. The Morgan fingerprint density at radius 3 is 2.89 bits per heavy atom. The summed E-state index contributed by atoms with van der Waals surface area (Å²) in [5, 5.41) is 3.96. The fourth-order valence-electron chi connectivity index (χ4n) is 1.68. The predicted molar refractivity (Wildman–Crippen MR) is 68.6 cm³/mol. The lowest BCUT2D eigenvalue weighted by atomic mass is 10.0. The van der Waals surface area contributed by atoms with Crippen molar-refractivity contribution >= 4 is 0 Å². The van der Waals surface area contributed by atoms with E-state index in [1.165, 1.54) is 0 Å². The molecule has 2 rings (SSSR count). The highest BCUT2D eigenvalue weighted by Gasteiger charge is 2.21. The molecule has 5 heteroatoms. The molecule has 0 bridgehead atoms. The van der Waals surface area contributed by atoms with E-state index in [0.29, 0.717) is 17.6 Å². The zero-order valence-electron chi connectivity index (χ0n) is 10.9. The molecule has 2 aromatic rings. The van der Waals surface area contributed by atoms with Crippen LogP contribution in [0, 0.1) is 12.8 Å². The highest BCUT2D eigenvalue weighted by atomic mass is 16.5. The van der Waals surface area contributed by atoms with Gasteiger partial charge in [0.25, 0.3) is 0 Å². The Balaban J connectivity index is 2.29. The van der Waals surface area contributed by atoms with Crippen LogP contribution in [-0.2, 0) is 0 Å². The van der Waals surface area contributed by atoms with E-state index < -0.39 is 0 Å². The van der Waals surface area contributed by atoms with E-state index in [1.807, 2.05) is 19.1 Å². The van der Waals surface area contributed by atoms with Gasteiger partial charge in [0.2, 0.25) is 11.7 Å². The van der Waals surface area contributed by atoms with Crippen LogP contribution in [0.3, 0.4) is 0 Å². The normalized spacial score (nSPS) is 14.4. The lowest BCUT2D eigenvalue weighted by molar-refractivity contribution is 0.312. The molecule has 0 spiro atoms. The van der Waals surface area contributed by atoms with E-state index in [2.05, 4.69) is 29.0 Å². The summed E-state index contributed by atoms with van der Waals surface area (Å²) in [5.41, 5.74) is 7.82. The number of nitrogens with zero attached hydrogens (tertiary/aromatic N) is 3. The van der Waals surface area contributed by atoms with Crippen LogP contribution < -0.4 is 5.73 Å². The van der Waals surface area contributed by atoms with E-state index >= 15 is 0 Å². The molecular formula is C13H18N4O. The Hall–Kier alpha value is -1.75. The molecule has 0 aliphatic heterocycles. The van der Waals surface area contributed by atoms with Gasteiger partial charge in [0, 0.05) is 6.20 Å². The second-order valence-corrected chi connectivity index (χ2v) is 4.54. The van der Waals surface area contributed by atoms with Gasteiger partial charge in [-0.2, -0.15) is 4.98 Å². The minimum Gasteiger partial charge on any atom is -0.337 e. The molecule has 0 aromatic carbocycles. The van der Waals surface area contributed by atoms with E-state index in [0.717, 1.165) is 17.7 Å². The molecular weight excluding hydrogens is 228 g/mol. The summed E-state index contributed by atoms with van der Waals surface area (Å²) < 4.78 is 5.23. The Morgan fingerprint density at radius 2 is 2.22 bits per heavy atom. The standard InChI is InChI=1S/C13H18N4O/c1-4-8(2)10(14)13-16-12(17-18-13)11-9(3)6-5-7-15-11/h5-8,10H,4,14H2,1-3H3. The fourth-order valence-corrected chi connectivity index (χ4v) is 1.68. The molecule has 0 amide bonds. The highest BCUT2D eigenvalue weighted by Crippen LogP contribution is 2.23. The van der Waals surface area contributed by atoms with Crippen LogP contribution in [0.2, 0.25) is 0 Å². The van der Waals surface area contributed by atoms with Gasteiger partial charge in [-0.25, -0.2) is 0 Å². The molecule has 5 nitrogen and oxygen atoms in total. The predicted octanol–water partition coefficient (Wildman–Crippen LogP) is 2.49. The van der Waals surface area contributed by atoms with Crippen LogP contribution in [0.15, 0.2) is 22.9 Å². The summed E-state index contributed by atoms with van der Waals surface area (Å²) in [4.78, 5) is 8.61. The largest absolute Gasteiger partial charge is 0.337 e. The molecule has 0 fully saturated rings. The molecule has 2 aromatic heterocycles. The molecule has 0 radical (unpaired) electrons. The average molecular weight is 246 g/mol. The molecule has 2 atom stereocenters. The third-order valence-corrected chi connectivity index (χ3v) is 3.21. The minimum atomic E-state index is -0.222. The molecule has 2 unspecified atom stereocenters. The number of pyridine rings is 1. The Kier molecular flexibility index (Phi) is 3.72. The van der Waals surface area contributed by atoms with Gasteiger partial charge in [-0.15, -0.1) is 0 Å². The van der Waals surface area contributed by atoms with Gasteiger partial charge < -0.3 is 10.3 Å². The van der Waals surface area contributed by atoms with Crippen LogP contribution in [0.5, 0.6) is 0 Å². The van der Waals surface area contributed by atoms with Crippen molar-refractivity contribution in [2.75, 3.05) is 0 Å². The van der Waals surface area contributed by atoms with Crippen LogP contribution in [0.25, 0.3) is 11.5 Å². The number of hydrogen-bond donors (Lipinski definition) is 1. The van der Waals surface area contributed by atoms with Gasteiger partial charge in [0.05, 0.1) is 6.04 Å². The number of nitrogens with two attached hydrogens (primary N) is 1. The first-order chi connectivity index (χ1) is 8.63. The van der Waals surface area contributed by atoms with Gasteiger partial charge in [0.15, 0.2) is 0 Å². The summed E-state index contributed by atoms with van der Waals surface area (Å²) >= 11 is 0. The topological polar surface area (TPSA) is 77.8 Å². The van der Waals surface area contributed by atoms with E-state index in [-0.39, 0.29) is 6.04 Å². The molecule has 2 N–H and O–H groups in total. The summed E-state index contributed by atoms with van der Waals surface area (Å²) in [6.07, 6.45) is 2.69. The molecule has 96 valence electrons. The monoisotopic (exact) mass is 246 g/mol. The van der Waals surface area contributed by atoms with Crippen molar-refractivity contribution in [3.63, 3.8) is 0 Å². The van der Waals surface area contributed by atoms with Crippen LogP contribution >= 0.6 is 0 Å². The van der Waals surface area contributed by atoms with Gasteiger partial charge in [-0.05, 0) is 24.5 Å². The summed E-state index contributed by atoms with van der Waals surface area (Å²) in [5.74, 6) is 1.29. The van der Waals surface area contributed by atoms with Crippen LogP contribution in [0.1, 0.15) is 37.8 Å². The number of hydrogen-bond acceptors (Lipinski definition) is 5. The summed E-state index contributed by atoms with van der Waals surface area (Å²) in [7, 11) is 0. The Morgan fingerprint density at radius 1 is 1.44 bits per heavy atom. The third kappa shape index (κ3) is 2.41. The second kappa shape index (κ2) is 5.27. The van der Waals surface area contributed by atoms with Gasteiger partial charge in [0.1, 0.15) is 5.69 Å². The van der Waals surface area contributed by atoms with E-state index in [9.17, 15) is 0 Å². The van der Waals surface area contributed by atoms with Gasteiger partial charge in [-0.1, -0.05) is 31.5 Å². The highest BCUT2D eigenvalue weighted by molar-refractivity contribution is 5.53. The summed E-state index contributed by atoms with van der Waals surface area (Å²) in [6, 6.07) is 3.62. The zero-order chi connectivity index (χ0) is 13.1. The van der Waals surface area contributed by atoms with Gasteiger partial charge >= 0.3 is 0 Å². The lowest BCUT2D eigenvalue weighted by Gasteiger charge is -2.12. The molecule has 18 heavy (non-hydrogen) atoms. The molecule has 0 aliphatic rings. The molecule has 0 saturated heterocycles. The quantitative estimate of drug-likeness (QED) is 0.896. The maximum Gasteiger partial charge on any atom is 0.244 e. The van der Waals surface area contributed by atoms with Crippen molar-refractivity contribution in [2.24, 2.45) is 11.7 Å². The Labute approximate surface area is 106 Å². The molecule has 0 aliphatic carbocycles. The first-order valence-corrected chi connectivity index (χ1v) is 6.14. The van der Waals surface area contributed by atoms with Crippen molar-refractivity contribution in [2.45, 2.75) is 33.2 Å². The Bertz CT molecular complexity index is 523. The van der Waals surface area contributed by atoms with E-state index in [1.54, 1.807) is 6.20 Å². The van der Waals surface area contributed by atoms with Crippen molar-refractivity contribution in [3.05, 3.63) is 29.8 Å². The molecule has 2 heterocycles. The average Bonchev–Trinajstić information content (AvgIpc) is 2.87. The van der Waals surface area contributed by atoms with Crippen LogP contribution in [0.4, 0.5) is 0 Å². The third-order valence-electron chi connectivity index (χ3n) is 3.21. The van der Waals surface area contributed by atoms with Crippen molar-refractivity contribution in [3.8, 4) is 11.5 Å². The van der Waals surface area contributed by atoms with Crippen molar-refractivity contribution < 1.29 is 4.52 Å². The number of aryl methyl sites for hydroxylation is 1. The fraction of sp³-hybridized carbons (Fsp3) is 0.462. The SMILES string of the molecule is CCC(C)C(N)c1nc(-c2ncccc2C)no1. The van der Waals surface area contributed by atoms with Crippen LogP contribution in [-0.4, -0.2) is 15.1 Å². The lowest BCUT2D eigenvalue weighted by Crippen LogP contribution is -2.18. The number of aromatic nitrogens is 3. The van der Waals surface area contributed by atoms with E-state index in [4.69, 9.17) is 10.3 Å². The van der Waals surface area contributed by atoms with Crippen molar-refractivity contribution in [1.29, 1.82) is 0 Å². The van der Waals surface area contributed by atoms with Crippen molar-refractivity contribution in [1.82, 2.24) is 15.1 Å². The first kappa shape index (κ1) is 12.7. The minimum absolute atomic E-state index is 0.222. The summed E-state index contributed by atoms with van der Waals surface area (Å²) in [6.45, 7) is 6.12. The molecule has 0 saturated carbocycles. The maximum absolute atomic E-state index is 6.06. The number of rotatable bonds is 4. The maximum atomic E-state index is 6.06.